The van der Waals surface area contributed by atoms with Gasteiger partial charge in [0.05, 0.1) is 27.9 Å². The molecule has 33 heavy (non-hydrogen) atoms. The fraction of sp³-hybridized carbons (Fsp3) is 0.304. The summed E-state index contributed by atoms with van der Waals surface area (Å²) in [5, 5.41) is 0.373. The van der Waals surface area contributed by atoms with Crippen molar-refractivity contribution in [2.75, 3.05) is 18.3 Å². The van der Waals surface area contributed by atoms with E-state index in [0.29, 0.717) is 22.1 Å². The molecule has 0 N–H and O–H groups in total. The number of sulfone groups is 1. The fourth-order valence-electron chi connectivity index (χ4n) is 3.71. The summed E-state index contributed by atoms with van der Waals surface area (Å²) in [6.45, 7) is 0. The number of carbonyl (C=O) groups excluding carboxylic acids is 1. The Balaban J connectivity index is 1.71. The number of fused-ring (bicyclic) bond motifs is 1. The molecule has 3 aromatic rings. The van der Waals surface area contributed by atoms with E-state index in [2.05, 4.69) is 4.98 Å². The van der Waals surface area contributed by atoms with Crippen molar-refractivity contribution in [2.24, 2.45) is 5.92 Å². The number of rotatable bonds is 6. The molecule has 1 aliphatic rings. The molecule has 0 unspecified atom stereocenters. The normalized spacial score (nSPS) is 21.0. The van der Waals surface area contributed by atoms with Crippen molar-refractivity contribution in [1.82, 2.24) is 4.98 Å². The Morgan fingerprint density at radius 3 is 2.42 bits per heavy atom. The average Bonchev–Trinajstić information content (AvgIpc) is 3.33. The third kappa shape index (κ3) is 5.06. The molecule has 1 heterocycles. The zero-order valence-corrected chi connectivity index (χ0v) is 19.6. The second-order valence-electron chi connectivity index (χ2n) is 7.89. The van der Waals surface area contributed by atoms with Crippen LogP contribution in [-0.2, 0) is 14.6 Å². The Bertz CT molecular complexity index is 1300. The van der Waals surface area contributed by atoms with E-state index in [0.717, 1.165) is 11.0 Å². The topological polar surface area (TPSA) is 76.6 Å². The summed E-state index contributed by atoms with van der Waals surface area (Å²) in [4.78, 5) is 19.3. The van der Waals surface area contributed by atoms with E-state index in [-0.39, 0.29) is 23.7 Å². The molecule has 0 bridgehead atoms. The van der Waals surface area contributed by atoms with Gasteiger partial charge in [0.25, 0.3) is 5.91 Å². The van der Waals surface area contributed by atoms with Crippen molar-refractivity contribution in [3.05, 3.63) is 54.6 Å². The Kier molecular flexibility index (Phi) is 6.49. The summed E-state index contributed by atoms with van der Waals surface area (Å²) >= 11 is 1.27. The maximum absolute atomic E-state index is 13.5. The summed E-state index contributed by atoms with van der Waals surface area (Å²) in [5.41, 5.74) is 1.09. The molecule has 0 saturated heterocycles. The van der Waals surface area contributed by atoms with Crippen LogP contribution in [0.25, 0.3) is 10.2 Å². The molecule has 1 aliphatic carbocycles. The van der Waals surface area contributed by atoms with Gasteiger partial charge >= 0.3 is 0 Å². The molecular formula is C23H22F2N2O4S2. The summed E-state index contributed by atoms with van der Waals surface area (Å²) in [6, 6.07) is 11.2. The van der Waals surface area contributed by atoms with Gasteiger partial charge in [-0.3, -0.25) is 9.69 Å². The monoisotopic (exact) mass is 492 g/mol. The van der Waals surface area contributed by atoms with E-state index in [1.165, 1.54) is 52.7 Å². The molecule has 10 heteroatoms. The van der Waals surface area contributed by atoms with Gasteiger partial charge in [-0.2, -0.15) is 0 Å². The zero-order chi connectivity index (χ0) is 23.8. The molecule has 1 fully saturated rings. The van der Waals surface area contributed by atoms with Crippen molar-refractivity contribution < 1.29 is 26.7 Å². The van der Waals surface area contributed by atoms with E-state index < -0.39 is 28.1 Å². The third-order valence-corrected chi connectivity index (χ3v) is 7.61. The number of hydrogen-bond acceptors (Lipinski definition) is 6. The van der Waals surface area contributed by atoms with Gasteiger partial charge in [0.2, 0.25) is 0 Å². The smallest absolute Gasteiger partial charge is 0.257 e. The van der Waals surface area contributed by atoms with Gasteiger partial charge in [-0.05, 0) is 61.2 Å². The van der Waals surface area contributed by atoms with Crippen LogP contribution < -0.4 is 9.64 Å². The number of benzene rings is 2. The summed E-state index contributed by atoms with van der Waals surface area (Å²) in [5.74, 6) is -0.172. The minimum absolute atomic E-state index is 0.0366. The highest BCUT2D eigenvalue weighted by Crippen LogP contribution is 2.36. The van der Waals surface area contributed by atoms with Crippen LogP contribution in [0.15, 0.2) is 59.5 Å². The van der Waals surface area contributed by atoms with E-state index in [1.807, 2.05) is 6.07 Å². The van der Waals surface area contributed by atoms with Gasteiger partial charge < -0.3 is 4.74 Å². The molecule has 174 valence electrons. The van der Waals surface area contributed by atoms with E-state index >= 15 is 0 Å². The predicted molar refractivity (Wildman–Crippen MR) is 125 cm³/mol. The molecule has 4 rings (SSSR count). The number of carbonyl (C=O) groups is 1. The van der Waals surface area contributed by atoms with Crippen LogP contribution in [0.3, 0.4) is 0 Å². The number of aromatic nitrogens is 1. The van der Waals surface area contributed by atoms with Gasteiger partial charge in [0.1, 0.15) is 18.1 Å². The molecular weight excluding hydrogens is 470 g/mol. The standard InChI is InChI=1S/C23H22F2N2O4S2/c1-31-16-6-9-20-21(13-16)32-23(26-20)27(15-4-7-17(8-5-15)33(2,29)30)22(28)10-3-14-11-18(24)19(25)12-14/h3-10,13-14,18-19H,11-12H2,1-2H3/b10-3+/t14-,18+,19-. The molecule has 3 atom stereocenters. The maximum Gasteiger partial charge on any atom is 0.257 e. The number of halogens is 2. The van der Waals surface area contributed by atoms with Gasteiger partial charge in [-0.1, -0.05) is 17.4 Å². The second kappa shape index (κ2) is 9.18. The molecule has 1 aromatic heterocycles. The number of thiazole rings is 1. The average molecular weight is 493 g/mol. The lowest BCUT2D eigenvalue weighted by atomic mass is 10.1. The van der Waals surface area contributed by atoms with Crippen LogP contribution in [0.2, 0.25) is 0 Å². The number of ether oxygens (including phenoxy) is 1. The molecule has 6 nitrogen and oxygen atoms in total. The Morgan fingerprint density at radius 1 is 1.15 bits per heavy atom. The molecule has 0 radical (unpaired) electrons. The molecule has 2 aromatic carbocycles. The molecule has 0 aliphatic heterocycles. The summed E-state index contributed by atoms with van der Waals surface area (Å²) in [7, 11) is -1.85. The Labute approximate surface area is 194 Å². The van der Waals surface area contributed by atoms with Gasteiger partial charge in [0, 0.05) is 12.3 Å². The van der Waals surface area contributed by atoms with Crippen molar-refractivity contribution in [3.63, 3.8) is 0 Å². The number of methoxy groups -OCH3 is 1. The first-order valence-electron chi connectivity index (χ1n) is 10.2. The van der Waals surface area contributed by atoms with Crippen molar-refractivity contribution >= 4 is 48.1 Å². The third-order valence-electron chi connectivity index (χ3n) is 5.48. The van der Waals surface area contributed by atoms with Crippen molar-refractivity contribution in [1.29, 1.82) is 0 Å². The van der Waals surface area contributed by atoms with Crippen LogP contribution in [0.4, 0.5) is 19.6 Å². The lowest BCUT2D eigenvalue weighted by Crippen LogP contribution is -2.24. The highest BCUT2D eigenvalue weighted by Gasteiger charge is 2.33. The maximum atomic E-state index is 13.5. The van der Waals surface area contributed by atoms with Crippen molar-refractivity contribution in [3.8, 4) is 5.75 Å². The van der Waals surface area contributed by atoms with Crippen LogP contribution in [0.5, 0.6) is 5.75 Å². The Morgan fingerprint density at radius 2 is 1.82 bits per heavy atom. The lowest BCUT2D eigenvalue weighted by Gasteiger charge is -2.19. The number of amides is 1. The quantitative estimate of drug-likeness (QED) is 0.452. The number of alkyl halides is 2. The molecule has 1 saturated carbocycles. The highest BCUT2D eigenvalue weighted by atomic mass is 32.2. The first-order valence-corrected chi connectivity index (χ1v) is 12.9. The van der Waals surface area contributed by atoms with E-state index in [4.69, 9.17) is 4.74 Å². The number of hydrogen-bond donors (Lipinski definition) is 0. The number of anilines is 2. The molecule has 1 amide bonds. The van der Waals surface area contributed by atoms with Crippen LogP contribution in [-0.4, -0.2) is 45.0 Å². The van der Waals surface area contributed by atoms with Gasteiger partial charge in [-0.15, -0.1) is 0 Å². The summed E-state index contributed by atoms with van der Waals surface area (Å²) < 4.78 is 56.7. The van der Waals surface area contributed by atoms with Crippen LogP contribution in [0.1, 0.15) is 12.8 Å². The first-order chi connectivity index (χ1) is 15.7. The fourth-order valence-corrected chi connectivity index (χ4v) is 5.36. The Hall–Kier alpha value is -2.85. The minimum atomic E-state index is -3.41. The number of allylic oxidation sites excluding steroid dienone is 1. The second-order valence-corrected chi connectivity index (χ2v) is 10.9. The minimum Gasteiger partial charge on any atom is -0.497 e. The largest absolute Gasteiger partial charge is 0.497 e. The van der Waals surface area contributed by atoms with E-state index in [1.54, 1.807) is 19.2 Å². The summed E-state index contributed by atoms with van der Waals surface area (Å²) in [6.07, 6.45) is 0.966. The van der Waals surface area contributed by atoms with E-state index in [9.17, 15) is 22.0 Å². The number of nitrogens with zero attached hydrogens (tertiary/aromatic N) is 2. The zero-order valence-electron chi connectivity index (χ0n) is 17.9. The first kappa shape index (κ1) is 23.3. The SMILES string of the molecule is COc1ccc2nc(N(C(=O)/C=C/[C@H]3C[C@@H](F)[C@@H](F)C3)c3ccc(S(C)(=O)=O)cc3)sc2c1. The van der Waals surface area contributed by atoms with Gasteiger partial charge in [-0.25, -0.2) is 22.2 Å². The van der Waals surface area contributed by atoms with Gasteiger partial charge in [0.15, 0.2) is 15.0 Å². The van der Waals surface area contributed by atoms with Crippen molar-refractivity contribution in [2.45, 2.75) is 30.1 Å². The molecule has 0 spiro atoms. The predicted octanol–water partition coefficient (Wildman–Crippen LogP) is 5.02. The van der Waals surface area contributed by atoms with Crippen LogP contribution in [0, 0.1) is 5.92 Å². The van der Waals surface area contributed by atoms with Crippen LogP contribution >= 0.6 is 11.3 Å². The lowest BCUT2D eigenvalue weighted by molar-refractivity contribution is -0.113. The highest BCUT2D eigenvalue weighted by molar-refractivity contribution is 7.90.